The normalized spacial score (nSPS) is 18.1. The Hall–Kier alpha value is -1.31. The van der Waals surface area contributed by atoms with Gasteiger partial charge in [-0.15, -0.1) is 0 Å². The average molecular weight is 204 g/mol. The second-order valence-corrected chi connectivity index (χ2v) is 4.31. The van der Waals surface area contributed by atoms with Crippen LogP contribution in [0.4, 0.5) is 0 Å². The highest BCUT2D eigenvalue weighted by atomic mass is 16.4. The Bertz CT molecular complexity index is 328. The molecule has 2 rings (SSSR count). The molecule has 2 heteroatoms. The van der Waals surface area contributed by atoms with Crippen LogP contribution in [0.5, 0.6) is 0 Å². The summed E-state index contributed by atoms with van der Waals surface area (Å²) in [4.78, 5) is 10.8. The molecule has 1 aromatic rings. The van der Waals surface area contributed by atoms with Crippen LogP contribution in [-0.2, 0) is 4.79 Å². The summed E-state index contributed by atoms with van der Waals surface area (Å²) in [6.07, 6.45) is 3.90. The van der Waals surface area contributed by atoms with E-state index in [9.17, 15) is 4.79 Å². The lowest BCUT2D eigenvalue weighted by molar-refractivity contribution is -0.138. The molecule has 1 unspecified atom stereocenters. The molecule has 1 atom stereocenters. The highest BCUT2D eigenvalue weighted by molar-refractivity contribution is 5.68. The lowest BCUT2D eigenvalue weighted by Crippen LogP contribution is -2.22. The quantitative estimate of drug-likeness (QED) is 0.818. The van der Waals surface area contributed by atoms with Crippen LogP contribution in [0.15, 0.2) is 30.3 Å². The van der Waals surface area contributed by atoms with Crippen molar-refractivity contribution >= 4 is 5.97 Å². The molecule has 1 aliphatic carbocycles. The summed E-state index contributed by atoms with van der Waals surface area (Å²) in [6.45, 7) is 0. The third-order valence-corrected chi connectivity index (χ3v) is 3.34. The molecule has 1 N–H and O–H groups in total. The van der Waals surface area contributed by atoms with Crippen molar-refractivity contribution in [2.45, 2.75) is 31.6 Å². The summed E-state index contributed by atoms with van der Waals surface area (Å²) in [7, 11) is 0. The first-order chi connectivity index (χ1) is 7.27. The molecule has 1 fully saturated rings. The molecule has 0 spiro atoms. The second kappa shape index (κ2) is 4.47. The van der Waals surface area contributed by atoms with Gasteiger partial charge in [0.05, 0.1) is 6.42 Å². The lowest BCUT2D eigenvalue weighted by atomic mass is 9.72. The van der Waals surface area contributed by atoms with Crippen LogP contribution in [0.3, 0.4) is 0 Å². The number of rotatable bonds is 4. The van der Waals surface area contributed by atoms with E-state index in [1.165, 1.54) is 24.8 Å². The molecule has 2 nitrogen and oxygen atoms in total. The van der Waals surface area contributed by atoms with E-state index in [4.69, 9.17) is 5.11 Å². The summed E-state index contributed by atoms with van der Waals surface area (Å²) in [6, 6.07) is 10.0. The van der Waals surface area contributed by atoms with Crippen LogP contribution in [0, 0.1) is 5.92 Å². The van der Waals surface area contributed by atoms with Crippen LogP contribution in [0.2, 0.25) is 0 Å². The number of carbonyl (C=O) groups is 1. The molecule has 0 heterocycles. The highest BCUT2D eigenvalue weighted by Crippen LogP contribution is 2.41. The molecule has 1 aromatic carbocycles. The van der Waals surface area contributed by atoms with Gasteiger partial charge in [0, 0.05) is 0 Å². The van der Waals surface area contributed by atoms with Gasteiger partial charge in [-0.25, -0.2) is 0 Å². The van der Waals surface area contributed by atoms with Gasteiger partial charge in [-0.2, -0.15) is 0 Å². The first kappa shape index (κ1) is 10.2. The van der Waals surface area contributed by atoms with Crippen LogP contribution in [0.1, 0.15) is 37.2 Å². The van der Waals surface area contributed by atoms with Crippen molar-refractivity contribution in [1.29, 1.82) is 0 Å². The standard InChI is InChI=1S/C13H16O2/c14-13(15)9-12(11-7-4-8-11)10-5-2-1-3-6-10/h1-3,5-6,11-12H,4,7-9H2,(H,14,15). The number of hydrogen-bond acceptors (Lipinski definition) is 1. The van der Waals surface area contributed by atoms with E-state index >= 15 is 0 Å². The fourth-order valence-electron chi connectivity index (χ4n) is 2.29. The number of carboxylic acids is 1. The fourth-order valence-corrected chi connectivity index (χ4v) is 2.29. The van der Waals surface area contributed by atoms with Crippen molar-refractivity contribution in [3.63, 3.8) is 0 Å². The average Bonchev–Trinajstić information content (AvgIpc) is 2.15. The molecule has 0 bridgehead atoms. The maximum Gasteiger partial charge on any atom is 0.303 e. The number of hydrogen-bond donors (Lipinski definition) is 1. The summed E-state index contributed by atoms with van der Waals surface area (Å²) in [5, 5.41) is 8.91. The molecular formula is C13H16O2. The van der Waals surface area contributed by atoms with Gasteiger partial charge in [-0.05, 0) is 30.2 Å². The van der Waals surface area contributed by atoms with Gasteiger partial charge in [0.15, 0.2) is 0 Å². The molecule has 80 valence electrons. The zero-order chi connectivity index (χ0) is 10.7. The van der Waals surface area contributed by atoms with E-state index in [0.717, 1.165) is 0 Å². The molecule has 0 radical (unpaired) electrons. The minimum atomic E-state index is -0.684. The van der Waals surface area contributed by atoms with E-state index in [2.05, 4.69) is 0 Å². The Labute approximate surface area is 89.9 Å². The summed E-state index contributed by atoms with van der Waals surface area (Å²) >= 11 is 0. The highest BCUT2D eigenvalue weighted by Gasteiger charge is 2.29. The first-order valence-electron chi connectivity index (χ1n) is 5.54. The third-order valence-electron chi connectivity index (χ3n) is 3.34. The minimum Gasteiger partial charge on any atom is -0.481 e. The molecular weight excluding hydrogens is 188 g/mol. The fraction of sp³-hybridized carbons (Fsp3) is 0.462. The molecule has 1 aliphatic rings. The van der Waals surface area contributed by atoms with Gasteiger partial charge >= 0.3 is 5.97 Å². The van der Waals surface area contributed by atoms with E-state index in [0.29, 0.717) is 5.92 Å². The Morgan fingerprint density at radius 1 is 1.33 bits per heavy atom. The second-order valence-electron chi connectivity index (χ2n) is 4.31. The van der Waals surface area contributed by atoms with Crippen LogP contribution in [-0.4, -0.2) is 11.1 Å². The predicted molar refractivity (Wildman–Crippen MR) is 58.8 cm³/mol. The maximum atomic E-state index is 10.8. The molecule has 0 saturated heterocycles. The monoisotopic (exact) mass is 204 g/mol. The van der Waals surface area contributed by atoms with Crippen LogP contribution < -0.4 is 0 Å². The zero-order valence-electron chi connectivity index (χ0n) is 8.73. The number of benzene rings is 1. The van der Waals surface area contributed by atoms with Crippen molar-refractivity contribution < 1.29 is 9.90 Å². The van der Waals surface area contributed by atoms with Crippen molar-refractivity contribution in [2.24, 2.45) is 5.92 Å². The van der Waals surface area contributed by atoms with Crippen LogP contribution in [0.25, 0.3) is 0 Å². The lowest BCUT2D eigenvalue weighted by Gasteiger charge is -2.33. The van der Waals surface area contributed by atoms with Gasteiger partial charge < -0.3 is 5.11 Å². The Morgan fingerprint density at radius 3 is 2.47 bits per heavy atom. The molecule has 1 saturated carbocycles. The van der Waals surface area contributed by atoms with E-state index < -0.39 is 5.97 Å². The van der Waals surface area contributed by atoms with Crippen molar-refractivity contribution in [1.82, 2.24) is 0 Å². The van der Waals surface area contributed by atoms with Gasteiger partial charge in [-0.3, -0.25) is 4.79 Å². The predicted octanol–water partition coefficient (Wildman–Crippen LogP) is 3.05. The van der Waals surface area contributed by atoms with Crippen molar-refractivity contribution in [3.05, 3.63) is 35.9 Å². The minimum absolute atomic E-state index is 0.220. The summed E-state index contributed by atoms with van der Waals surface area (Å²) in [5.41, 5.74) is 1.18. The summed E-state index contributed by atoms with van der Waals surface area (Å²) < 4.78 is 0. The Balaban J connectivity index is 2.14. The topological polar surface area (TPSA) is 37.3 Å². The molecule has 0 aromatic heterocycles. The molecule has 0 aliphatic heterocycles. The van der Waals surface area contributed by atoms with Crippen molar-refractivity contribution in [2.75, 3.05) is 0 Å². The van der Waals surface area contributed by atoms with E-state index in [-0.39, 0.29) is 12.3 Å². The van der Waals surface area contributed by atoms with Crippen molar-refractivity contribution in [3.8, 4) is 0 Å². The SMILES string of the molecule is O=C(O)CC(c1ccccc1)C1CCC1. The van der Waals surface area contributed by atoms with Gasteiger partial charge in [-0.1, -0.05) is 36.8 Å². The van der Waals surface area contributed by atoms with Gasteiger partial charge in [0.25, 0.3) is 0 Å². The Kier molecular flexibility index (Phi) is 3.05. The van der Waals surface area contributed by atoms with E-state index in [1.807, 2.05) is 30.3 Å². The zero-order valence-corrected chi connectivity index (χ0v) is 8.73. The largest absolute Gasteiger partial charge is 0.481 e. The smallest absolute Gasteiger partial charge is 0.303 e. The molecule has 15 heavy (non-hydrogen) atoms. The number of aliphatic carboxylic acids is 1. The summed E-state index contributed by atoms with van der Waals surface area (Å²) in [5.74, 6) is 0.122. The van der Waals surface area contributed by atoms with E-state index in [1.54, 1.807) is 0 Å². The maximum absolute atomic E-state index is 10.8. The van der Waals surface area contributed by atoms with Gasteiger partial charge in [0.1, 0.15) is 0 Å². The molecule has 0 amide bonds. The first-order valence-corrected chi connectivity index (χ1v) is 5.54. The van der Waals surface area contributed by atoms with Crippen LogP contribution >= 0.6 is 0 Å². The van der Waals surface area contributed by atoms with Gasteiger partial charge in [0.2, 0.25) is 0 Å². The third kappa shape index (κ3) is 2.38. The number of carboxylic acid groups (broad SMARTS) is 1. The Morgan fingerprint density at radius 2 is 2.00 bits per heavy atom.